The molecule has 0 atom stereocenters. The van der Waals surface area contributed by atoms with Crippen LogP contribution in [0.3, 0.4) is 0 Å². The maximum Gasteiger partial charge on any atom is 0.259 e. The summed E-state index contributed by atoms with van der Waals surface area (Å²) in [6, 6.07) is 5.48. The molecule has 0 fully saturated rings. The first-order valence-electron chi connectivity index (χ1n) is 5.16. The van der Waals surface area contributed by atoms with Gasteiger partial charge in [-0.15, -0.1) is 0 Å². The van der Waals surface area contributed by atoms with E-state index in [1.54, 1.807) is 13.0 Å². The number of aryl methyl sites for hydroxylation is 2. The lowest BCUT2D eigenvalue weighted by Crippen LogP contribution is -2.13. The summed E-state index contributed by atoms with van der Waals surface area (Å²) in [5.74, 6) is -0.215. The third kappa shape index (κ3) is 2.31. The van der Waals surface area contributed by atoms with Gasteiger partial charge in [-0.05, 0) is 25.5 Å². The Morgan fingerprint density at radius 2 is 2.18 bits per heavy atom. The maximum absolute atomic E-state index is 12.0. The van der Waals surface area contributed by atoms with Gasteiger partial charge in [-0.2, -0.15) is 5.10 Å². The second-order valence-corrected chi connectivity index (χ2v) is 4.20. The molecule has 0 radical (unpaired) electrons. The summed E-state index contributed by atoms with van der Waals surface area (Å²) in [6.07, 6.45) is 1.50. The molecule has 0 unspecified atom stereocenters. The fourth-order valence-corrected chi connectivity index (χ4v) is 1.82. The van der Waals surface area contributed by atoms with E-state index in [1.165, 1.54) is 6.20 Å². The van der Waals surface area contributed by atoms with Crippen LogP contribution in [0.15, 0.2) is 24.4 Å². The van der Waals surface area contributed by atoms with Crippen LogP contribution in [0.25, 0.3) is 0 Å². The number of carbonyl (C=O) groups is 1. The number of amides is 1. The van der Waals surface area contributed by atoms with Gasteiger partial charge in [0.05, 0.1) is 22.5 Å². The van der Waals surface area contributed by atoms with Crippen molar-refractivity contribution < 1.29 is 4.79 Å². The molecule has 0 aliphatic carbocycles. The van der Waals surface area contributed by atoms with Crippen molar-refractivity contribution in [1.29, 1.82) is 0 Å². The highest BCUT2D eigenvalue weighted by atomic mass is 35.5. The zero-order chi connectivity index (χ0) is 12.4. The van der Waals surface area contributed by atoms with E-state index in [0.717, 1.165) is 11.3 Å². The SMILES string of the molecule is Cc1cccc(Cl)c1NC(=O)c1cn[nH]c1C. The second kappa shape index (κ2) is 4.59. The first kappa shape index (κ1) is 11.7. The second-order valence-electron chi connectivity index (χ2n) is 3.79. The summed E-state index contributed by atoms with van der Waals surface area (Å²) in [5.41, 5.74) is 2.81. The normalized spacial score (nSPS) is 10.3. The number of H-pyrrole nitrogens is 1. The Balaban J connectivity index is 2.28. The number of nitrogens with one attached hydrogen (secondary N) is 2. The van der Waals surface area contributed by atoms with E-state index in [0.29, 0.717) is 16.3 Å². The lowest BCUT2D eigenvalue weighted by molar-refractivity contribution is 0.102. The van der Waals surface area contributed by atoms with Crippen molar-refractivity contribution in [3.8, 4) is 0 Å². The third-order valence-corrected chi connectivity index (χ3v) is 2.85. The van der Waals surface area contributed by atoms with Crippen molar-refractivity contribution in [3.63, 3.8) is 0 Å². The van der Waals surface area contributed by atoms with E-state index in [1.807, 2.05) is 19.1 Å². The number of anilines is 1. The number of hydrogen-bond donors (Lipinski definition) is 2. The lowest BCUT2D eigenvalue weighted by atomic mass is 10.2. The van der Waals surface area contributed by atoms with Crippen molar-refractivity contribution in [1.82, 2.24) is 10.2 Å². The average Bonchev–Trinajstić information content (AvgIpc) is 2.70. The zero-order valence-electron chi connectivity index (χ0n) is 9.54. The predicted molar refractivity (Wildman–Crippen MR) is 67.5 cm³/mol. The minimum atomic E-state index is -0.215. The monoisotopic (exact) mass is 249 g/mol. The van der Waals surface area contributed by atoms with Crippen molar-refractivity contribution in [2.75, 3.05) is 5.32 Å². The Labute approximate surface area is 104 Å². The Bertz CT molecular complexity index is 542. The molecule has 88 valence electrons. The average molecular weight is 250 g/mol. The first-order valence-corrected chi connectivity index (χ1v) is 5.54. The molecule has 0 bridgehead atoms. The van der Waals surface area contributed by atoms with Crippen molar-refractivity contribution >= 4 is 23.2 Å². The molecule has 0 saturated carbocycles. The van der Waals surface area contributed by atoms with Crippen LogP contribution >= 0.6 is 11.6 Å². The van der Waals surface area contributed by atoms with Crippen LogP contribution < -0.4 is 5.32 Å². The number of aromatic amines is 1. The largest absolute Gasteiger partial charge is 0.320 e. The van der Waals surface area contributed by atoms with Gasteiger partial charge >= 0.3 is 0 Å². The Kier molecular flexibility index (Phi) is 3.15. The highest BCUT2D eigenvalue weighted by Gasteiger charge is 2.13. The Hall–Kier alpha value is -1.81. The van der Waals surface area contributed by atoms with Gasteiger partial charge in [-0.3, -0.25) is 9.89 Å². The fraction of sp³-hybridized carbons (Fsp3) is 0.167. The number of carbonyl (C=O) groups excluding carboxylic acids is 1. The van der Waals surface area contributed by atoms with Crippen LogP contribution in [0.5, 0.6) is 0 Å². The number of para-hydroxylation sites is 1. The minimum Gasteiger partial charge on any atom is -0.320 e. The van der Waals surface area contributed by atoms with E-state index >= 15 is 0 Å². The van der Waals surface area contributed by atoms with Gasteiger partial charge < -0.3 is 5.32 Å². The highest BCUT2D eigenvalue weighted by Crippen LogP contribution is 2.25. The van der Waals surface area contributed by atoms with Crippen LogP contribution in [-0.2, 0) is 0 Å². The molecule has 0 aliphatic rings. The van der Waals surface area contributed by atoms with Crippen molar-refractivity contribution in [3.05, 3.63) is 46.2 Å². The molecular formula is C12H12ClN3O. The van der Waals surface area contributed by atoms with E-state index in [-0.39, 0.29) is 5.91 Å². The van der Waals surface area contributed by atoms with Crippen LogP contribution in [0.1, 0.15) is 21.6 Å². The van der Waals surface area contributed by atoms with E-state index in [2.05, 4.69) is 15.5 Å². The standard InChI is InChI=1S/C12H12ClN3O/c1-7-4-3-5-10(13)11(7)15-12(17)9-6-14-16-8(9)2/h3-6H,1-2H3,(H,14,16)(H,15,17). The van der Waals surface area contributed by atoms with Crippen molar-refractivity contribution in [2.45, 2.75) is 13.8 Å². The fourth-order valence-electron chi connectivity index (χ4n) is 1.55. The molecule has 1 amide bonds. The van der Waals surface area contributed by atoms with E-state index in [9.17, 15) is 4.79 Å². The number of halogens is 1. The van der Waals surface area contributed by atoms with E-state index in [4.69, 9.17) is 11.6 Å². The quantitative estimate of drug-likeness (QED) is 0.860. The molecule has 1 heterocycles. The summed E-state index contributed by atoms with van der Waals surface area (Å²) in [4.78, 5) is 12.0. The van der Waals surface area contributed by atoms with Gasteiger partial charge in [0.2, 0.25) is 0 Å². The molecule has 17 heavy (non-hydrogen) atoms. The van der Waals surface area contributed by atoms with Crippen LogP contribution in [-0.4, -0.2) is 16.1 Å². The molecule has 2 rings (SSSR count). The number of hydrogen-bond acceptors (Lipinski definition) is 2. The number of aromatic nitrogens is 2. The van der Waals surface area contributed by atoms with Crippen LogP contribution in [0.2, 0.25) is 5.02 Å². The molecule has 2 N–H and O–H groups in total. The molecule has 1 aromatic heterocycles. The van der Waals surface area contributed by atoms with Gasteiger partial charge in [0.1, 0.15) is 0 Å². The molecule has 1 aromatic carbocycles. The van der Waals surface area contributed by atoms with Crippen LogP contribution in [0.4, 0.5) is 5.69 Å². The maximum atomic E-state index is 12.0. The molecule has 0 saturated heterocycles. The van der Waals surface area contributed by atoms with Gasteiger partial charge in [0, 0.05) is 5.69 Å². The Morgan fingerprint density at radius 1 is 1.41 bits per heavy atom. The summed E-state index contributed by atoms with van der Waals surface area (Å²) in [5, 5.41) is 9.85. The highest BCUT2D eigenvalue weighted by molar-refractivity contribution is 6.34. The smallest absolute Gasteiger partial charge is 0.259 e. The molecule has 5 heteroatoms. The number of nitrogens with zero attached hydrogens (tertiary/aromatic N) is 1. The molecular weight excluding hydrogens is 238 g/mol. The molecule has 4 nitrogen and oxygen atoms in total. The summed E-state index contributed by atoms with van der Waals surface area (Å²) >= 11 is 6.04. The minimum absolute atomic E-state index is 0.215. The van der Waals surface area contributed by atoms with Crippen molar-refractivity contribution in [2.24, 2.45) is 0 Å². The topological polar surface area (TPSA) is 57.8 Å². The number of benzene rings is 1. The predicted octanol–water partition coefficient (Wildman–Crippen LogP) is 2.93. The zero-order valence-corrected chi connectivity index (χ0v) is 10.3. The summed E-state index contributed by atoms with van der Waals surface area (Å²) < 4.78 is 0. The Morgan fingerprint density at radius 3 is 2.76 bits per heavy atom. The molecule has 0 aliphatic heterocycles. The first-order chi connectivity index (χ1) is 8.09. The van der Waals surface area contributed by atoms with E-state index < -0.39 is 0 Å². The summed E-state index contributed by atoms with van der Waals surface area (Å²) in [7, 11) is 0. The third-order valence-electron chi connectivity index (χ3n) is 2.54. The lowest BCUT2D eigenvalue weighted by Gasteiger charge is -2.09. The van der Waals surface area contributed by atoms with Gasteiger partial charge in [0.25, 0.3) is 5.91 Å². The van der Waals surface area contributed by atoms with Gasteiger partial charge in [-0.1, -0.05) is 23.7 Å². The van der Waals surface area contributed by atoms with Gasteiger partial charge in [-0.25, -0.2) is 0 Å². The molecule has 0 spiro atoms. The van der Waals surface area contributed by atoms with Gasteiger partial charge in [0.15, 0.2) is 0 Å². The summed E-state index contributed by atoms with van der Waals surface area (Å²) in [6.45, 7) is 3.69. The molecule has 2 aromatic rings. The number of rotatable bonds is 2. The van der Waals surface area contributed by atoms with Crippen LogP contribution in [0, 0.1) is 13.8 Å².